The van der Waals surface area contributed by atoms with Crippen molar-refractivity contribution in [3.8, 4) is 0 Å². The van der Waals surface area contributed by atoms with Crippen LogP contribution in [-0.2, 0) is 4.74 Å². The van der Waals surface area contributed by atoms with Crippen molar-refractivity contribution in [2.24, 2.45) is 0 Å². The minimum absolute atomic E-state index is 0.147. The molecule has 3 aliphatic heterocycles. The van der Waals surface area contributed by atoms with Gasteiger partial charge >= 0.3 is 0 Å². The Kier molecular flexibility index (Phi) is 5.33. The first-order valence-corrected chi connectivity index (χ1v) is 9.63. The van der Waals surface area contributed by atoms with E-state index < -0.39 is 0 Å². The Hall–Kier alpha value is -1.44. The van der Waals surface area contributed by atoms with Crippen LogP contribution >= 0.6 is 0 Å². The Morgan fingerprint density at radius 1 is 0.840 bits per heavy atom. The summed E-state index contributed by atoms with van der Waals surface area (Å²) in [5.41, 5.74) is 0. The monoisotopic (exact) mass is 347 g/mol. The Morgan fingerprint density at radius 3 is 2.28 bits per heavy atom. The molecule has 0 aromatic carbocycles. The fourth-order valence-corrected chi connectivity index (χ4v) is 4.18. The van der Waals surface area contributed by atoms with Gasteiger partial charge in [-0.3, -0.25) is 4.90 Å². The molecule has 1 aromatic rings. The van der Waals surface area contributed by atoms with Crippen molar-refractivity contribution in [1.29, 1.82) is 0 Å². The van der Waals surface area contributed by atoms with Crippen molar-refractivity contribution in [3.05, 3.63) is 12.4 Å². The highest BCUT2D eigenvalue weighted by Crippen LogP contribution is 2.23. The molecule has 3 fully saturated rings. The standard InChI is InChI=1S/C18H29N5O2/c24-16-13-25-12-15(16)21-7-4-8-23(10-9-21)18-11-17(19-14-20-18)22-5-2-1-3-6-22/h11,14-16,24H,1-10,12-13H2/t15-,16-/m1/s1. The molecule has 7 heteroatoms. The van der Waals surface area contributed by atoms with Gasteiger partial charge in [-0.25, -0.2) is 9.97 Å². The van der Waals surface area contributed by atoms with Crippen LogP contribution in [0.3, 0.4) is 0 Å². The molecule has 0 spiro atoms. The number of aliphatic hydroxyl groups is 1. The molecular formula is C18H29N5O2. The third-order valence-corrected chi connectivity index (χ3v) is 5.66. The Bertz CT molecular complexity index is 566. The van der Waals surface area contributed by atoms with Gasteiger partial charge in [-0.1, -0.05) is 0 Å². The van der Waals surface area contributed by atoms with Crippen LogP contribution in [0.4, 0.5) is 11.6 Å². The molecule has 3 saturated heterocycles. The fraction of sp³-hybridized carbons (Fsp3) is 0.778. The zero-order valence-corrected chi connectivity index (χ0v) is 14.9. The van der Waals surface area contributed by atoms with E-state index in [0.29, 0.717) is 13.2 Å². The van der Waals surface area contributed by atoms with E-state index in [4.69, 9.17) is 4.74 Å². The van der Waals surface area contributed by atoms with Crippen molar-refractivity contribution >= 4 is 11.6 Å². The molecule has 0 aliphatic carbocycles. The maximum atomic E-state index is 10.1. The summed E-state index contributed by atoms with van der Waals surface area (Å²) in [6.45, 7) is 7.19. The van der Waals surface area contributed by atoms with Crippen molar-refractivity contribution in [2.45, 2.75) is 37.8 Å². The summed E-state index contributed by atoms with van der Waals surface area (Å²) in [6.07, 6.45) is 6.26. The normalized spacial score (nSPS) is 29.0. The third kappa shape index (κ3) is 3.88. The molecule has 1 N–H and O–H groups in total. The smallest absolute Gasteiger partial charge is 0.134 e. The Labute approximate surface area is 149 Å². The largest absolute Gasteiger partial charge is 0.389 e. The average molecular weight is 347 g/mol. The molecule has 25 heavy (non-hydrogen) atoms. The number of aliphatic hydroxyl groups excluding tert-OH is 1. The van der Waals surface area contributed by atoms with Gasteiger partial charge in [0.25, 0.3) is 0 Å². The minimum atomic E-state index is -0.351. The van der Waals surface area contributed by atoms with Gasteiger partial charge in [-0.2, -0.15) is 0 Å². The lowest BCUT2D eigenvalue weighted by molar-refractivity contribution is 0.0859. The molecule has 3 aliphatic rings. The number of aromatic nitrogens is 2. The van der Waals surface area contributed by atoms with E-state index >= 15 is 0 Å². The van der Waals surface area contributed by atoms with Crippen LogP contribution in [0.2, 0.25) is 0 Å². The predicted molar refractivity (Wildman–Crippen MR) is 97.1 cm³/mol. The highest BCUT2D eigenvalue weighted by Gasteiger charge is 2.32. The van der Waals surface area contributed by atoms with Crippen LogP contribution in [0.25, 0.3) is 0 Å². The number of anilines is 2. The average Bonchev–Trinajstić information content (AvgIpc) is 2.94. The third-order valence-electron chi connectivity index (χ3n) is 5.66. The zero-order chi connectivity index (χ0) is 17.1. The second kappa shape index (κ2) is 7.85. The molecule has 0 bridgehead atoms. The summed E-state index contributed by atoms with van der Waals surface area (Å²) in [5.74, 6) is 2.09. The van der Waals surface area contributed by atoms with Gasteiger partial charge in [0.2, 0.25) is 0 Å². The summed E-state index contributed by atoms with van der Waals surface area (Å²) < 4.78 is 5.43. The molecular weight excluding hydrogens is 318 g/mol. The van der Waals surface area contributed by atoms with Crippen LogP contribution < -0.4 is 9.80 Å². The minimum Gasteiger partial charge on any atom is -0.389 e. The van der Waals surface area contributed by atoms with Crippen molar-refractivity contribution < 1.29 is 9.84 Å². The summed E-state index contributed by atoms with van der Waals surface area (Å²) >= 11 is 0. The summed E-state index contributed by atoms with van der Waals surface area (Å²) in [4.78, 5) is 16.1. The van der Waals surface area contributed by atoms with E-state index in [1.165, 1.54) is 19.3 Å². The zero-order valence-electron chi connectivity index (χ0n) is 14.9. The second-order valence-electron chi connectivity index (χ2n) is 7.33. The predicted octanol–water partition coefficient (Wildman–Crippen LogP) is 0.739. The van der Waals surface area contributed by atoms with Gasteiger partial charge in [0.05, 0.1) is 25.4 Å². The van der Waals surface area contributed by atoms with Gasteiger partial charge in [0.1, 0.15) is 18.0 Å². The van der Waals surface area contributed by atoms with Crippen LogP contribution in [-0.4, -0.2) is 84.6 Å². The molecule has 1 aromatic heterocycles. The number of piperidine rings is 1. The number of hydrogen-bond acceptors (Lipinski definition) is 7. The molecule has 0 saturated carbocycles. The number of hydrogen-bond donors (Lipinski definition) is 1. The number of rotatable bonds is 3. The maximum Gasteiger partial charge on any atom is 0.134 e. The quantitative estimate of drug-likeness (QED) is 0.865. The summed E-state index contributed by atoms with van der Waals surface area (Å²) in [7, 11) is 0. The SMILES string of the molecule is O[C@@H]1COC[C@H]1N1CCCN(c2cc(N3CCCCC3)ncn2)CC1. The van der Waals surface area contributed by atoms with Gasteiger partial charge < -0.3 is 19.6 Å². The lowest BCUT2D eigenvalue weighted by Crippen LogP contribution is -2.44. The maximum absolute atomic E-state index is 10.1. The molecule has 4 heterocycles. The van der Waals surface area contributed by atoms with Gasteiger partial charge in [0.15, 0.2) is 0 Å². The van der Waals surface area contributed by atoms with Gasteiger partial charge in [-0.15, -0.1) is 0 Å². The fourth-order valence-electron chi connectivity index (χ4n) is 4.18. The van der Waals surface area contributed by atoms with E-state index in [1.807, 2.05) is 0 Å². The second-order valence-corrected chi connectivity index (χ2v) is 7.33. The molecule has 4 rings (SSSR count). The molecule has 0 amide bonds. The van der Waals surface area contributed by atoms with Gasteiger partial charge in [-0.05, 0) is 25.7 Å². The van der Waals surface area contributed by atoms with E-state index in [2.05, 4.69) is 30.7 Å². The summed E-state index contributed by atoms with van der Waals surface area (Å²) in [6, 6.07) is 2.29. The molecule has 138 valence electrons. The van der Waals surface area contributed by atoms with Crippen molar-refractivity contribution in [2.75, 3.05) is 62.3 Å². The highest BCUT2D eigenvalue weighted by molar-refractivity contribution is 5.50. The molecule has 0 radical (unpaired) electrons. The van der Waals surface area contributed by atoms with Crippen LogP contribution in [0.15, 0.2) is 12.4 Å². The first-order chi connectivity index (χ1) is 12.3. The molecule has 7 nitrogen and oxygen atoms in total. The Balaban J connectivity index is 1.41. The van der Waals surface area contributed by atoms with Crippen LogP contribution in [0.5, 0.6) is 0 Å². The molecule has 2 atom stereocenters. The first kappa shape index (κ1) is 17.0. The highest BCUT2D eigenvalue weighted by atomic mass is 16.5. The van der Waals surface area contributed by atoms with E-state index in [1.54, 1.807) is 6.33 Å². The topological polar surface area (TPSA) is 65.0 Å². The summed E-state index contributed by atoms with van der Waals surface area (Å²) in [5, 5.41) is 10.1. The number of nitrogens with zero attached hydrogens (tertiary/aromatic N) is 5. The van der Waals surface area contributed by atoms with E-state index in [0.717, 1.165) is 57.3 Å². The first-order valence-electron chi connectivity index (χ1n) is 9.63. The Morgan fingerprint density at radius 2 is 1.56 bits per heavy atom. The van der Waals surface area contributed by atoms with E-state index in [-0.39, 0.29) is 12.1 Å². The lowest BCUT2D eigenvalue weighted by atomic mass is 10.1. The van der Waals surface area contributed by atoms with Crippen LogP contribution in [0.1, 0.15) is 25.7 Å². The van der Waals surface area contributed by atoms with E-state index in [9.17, 15) is 5.11 Å². The molecule has 0 unspecified atom stereocenters. The lowest BCUT2D eigenvalue weighted by Gasteiger charge is -2.29. The number of ether oxygens (including phenoxy) is 1. The van der Waals surface area contributed by atoms with Crippen molar-refractivity contribution in [3.63, 3.8) is 0 Å². The van der Waals surface area contributed by atoms with Crippen LogP contribution in [0, 0.1) is 0 Å². The van der Waals surface area contributed by atoms with Crippen molar-refractivity contribution in [1.82, 2.24) is 14.9 Å². The van der Waals surface area contributed by atoms with Gasteiger partial charge in [0, 0.05) is 45.3 Å².